The molecule has 48 heteroatoms. The summed E-state index contributed by atoms with van der Waals surface area (Å²) in [6, 6.07) is 54.9. The first-order valence-electron chi connectivity index (χ1n) is 40.8. The SMILES string of the molecule is CC(C)(c1cc(-c2ccccc2)cc(-c2[c-]cc(F)nc2F)n1)c1cccc(-n2[c-]cc(C(F)(F)F)n2)n1.CC(C)(c1cc(C(F)(F)F)cc(-c2[c-]cc(F)nc2F)n1)c1cccc(-n2[c-]cc(C(F)(F)F)n2)n1.Cc1cc(-c2[c-]cc(F)nc2F)nc(C(C)(C)c2cccc(-n3[c-]cc(C(F)(F)F)n3)n2)c1.[C-]#[N+]c1cc(-c2[c-]cc(F)nc2F)nc(C(C)(C)c2cccc(-n3[c-]cc(C(F)(F)F)n3)n2)c1.[Pt+2].[Pt+2].[Pt+2].[Pt+2]. The number of aryl methyl sites for hydroxylation is 1. The molecule has 17 rings (SSSR count). The Bertz CT molecular complexity index is 7560. The van der Waals surface area contributed by atoms with Gasteiger partial charge in [-0.3, -0.25) is 60.3 Å². The molecule has 17 aromatic rings. The molecule has 0 saturated heterocycles. The Morgan fingerprint density at radius 2 is 0.538 bits per heavy atom. The van der Waals surface area contributed by atoms with Crippen LogP contribution in [0.5, 0.6) is 0 Å². The number of halogens is 23. The average molecular weight is 2740 g/mol. The van der Waals surface area contributed by atoms with Crippen molar-refractivity contribution in [2.45, 2.75) is 115 Å². The van der Waals surface area contributed by atoms with E-state index in [0.29, 0.717) is 64.0 Å². The first-order valence-corrected chi connectivity index (χ1v) is 40.8. The van der Waals surface area contributed by atoms with Gasteiger partial charge < -0.3 is 38.7 Å². The van der Waals surface area contributed by atoms with Crippen LogP contribution in [0.25, 0.3) is 84.3 Å². The van der Waals surface area contributed by atoms with Crippen LogP contribution in [-0.4, -0.2) is 98.9 Å². The van der Waals surface area contributed by atoms with Gasteiger partial charge in [0.25, 0.3) is 0 Å². The zero-order chi connectivity index (χ0) is 102. The third kappa shape index (κ3) is 26.2. The molecule has 0 N–H and O–H groups in total. The van der Waals surface area contributed by atoms with E-state index in [1.54, 1.807) is 75.4 Å². The van der Waals surface area contributed by atoms with E-state index in [0.717, 1.165) is 66.3 Å². The number of alkyl halides is 15. The Balaban J connectivity index is 0.000000197. The predicted octanol–water partition coefficient (Wildman–Crippen LogP) is 23.3. The van der Waals surface area contributed by atoms with Crippen LogP contribution in [0.1, 0.15) is 135 Å². The fourth-order valence-corrected chi connectivity index (χ4v) is 13.5. The van der Waals surface area contributed by atoms with Crippen LogP contribution in [0, 0.1) is 110 Å². The Hall–Kier alpha value is -13.5. The van der Waals surface area contributed by atoms with Gasteiger partial charge in [-0.25, -0.2) is 40.0 Å². The molecule has 0 aliphatic rings. The zero-order valence-electron chi connectivity index (χ0n) is 74.9. The van der Waals surface area contributed by atoms with E-state index < -0.39 is 140 Å². The van der Waals surface area contributed by atoms with Gasteiger partial charge in [0.05, 0.1) is 58.2 Å². The van der Waals surface area contributed by atoms with Gasteiger partial charge in [-0.05, 0) is 145 Å². The molecular formula is C97H60F23N21Pt4. The molecule has 0 fully saturated rings. The Morgan fingerprint density at radius 1 is 0.262 bits per heavy atom. The fourth-order valence-electron chi connectivity index (χ4n) is 13.5. The standard InChI is InChI=1S/C28H18F5N5.C23H13F8N5.C23H13F5N6.C23H16F5N5.4Pt/c1-27(2,21-9-6-10-25(35-21)38-14-13-22(37-38)28(31,32)33)23-16-18(17-7-4-3-5-8-17)15-20(34-23)19-11-12-24(29)36-26(19)30;1-21(2,15-4-3-5-19(33-15)36-9-8-16(35-36)23(29,30)31)17-11-12(22(26,27)28)10-14(32-17)13-6-7-18(24)34-20(13)25;1-22(2,16-5-4-6-20(31-16)34-10-9-17(33-34)23(26,27)28)18-12-13(29-3)11-15(30-18)14-7-8-19(24)32-21(14)25;1-13-11-15(14-7-8-19(24)31-21(14)25)29-18(12-13)22(2,3)16-5-4-6-20(30-16)33-10-9-17(32-33)23(26,27)28;;;;/h3-10,12-13,15-16H,1-2H3;3-5,7-8,10-11H,1-2H3;4-6,8-9,11-12H,1-2H3;4-6,8-9,11-12H,1-3H3;;;;/q4*-2;4*+2. The number of hydrogen-bond acceptors (Lipinski definition) is 16. The summed E-state index contributed by atoms with van der Waals surface area (Å²) < 4.78 is 310. The second-order valence-electron chi connectivity index (χ2n) is 32.6. The van der Waals surface area contributed by atoms with Crippen LogP contribution in [0.15, 0.2) is 200 Å². The van der Waals surface area contributed by atoms with Crippen LogP contribution in [-0.2, 0) is 137 Å². The van der Waals surface area contributed by atoms with E-state index in [1.807, 2.05) is 64.1 Å². The fraction of sp³-hybridized carbons (Fsp3) is 0.186. The summed E-state index contributed by atoms with van der Waals surface area (Å²) in [6.45, 7) is 22.9. The van der Waals surface area contributed by atoms with E-state index in [2.05, 4.69) is 134 Å². The normalized spacial score (nSPS) is 11.9. The average Bonchev–Trinajstić information content (AvgIpc) is 1.48. The van der Waals surface area contributed by atoms with E-state index in [4.69, 9.17) is 6.57 Å². The van der Waals surface area contributed by atoms with E-state index in [-0.39, 0.29) is 158 Å². The van der Waals surface area contributed by atoms with Crippen LogP contribution < -0.4 is 0 Å². The molecule has 0 bridgehead atoms. The van der Waals surface area contributed by atoms with Crippen molar-refractivity contribution in [1.82, 2.24) is 98.9 Å². The van der Waals surface area contributed by atoms with E-state index in [1.165, 1.54) is 62.4 Å². The molecular weight excluding hydrogens is 2680 g/mol. The minimum absolute atomic E-state index is 0. The smallest absolute Gasteiger partial charge is 0.343 e. The number of nitrogens with zero attached hydrogens (tertiary/aromatic N) is 21. The van der Waals surface area contributed by atoms with Crippen molar-refractivity contribution in [2.75, 3.05) is 0 Å². The van der Waals surface area contributed by atoms with Crippen molar-refractivity contribution < 1.29 is 185 Å². The Morgan fingerprint density at radius 3 is 0.821 bits per heavy atom. The summed E-state index contributed by atoms with van der Waals surface area (Å²) in [5, 5.41) is 13.9. The van der Waals surface area contributed by atoms with Gasteiger partial charge in [-0.1, -0.05) is 180 Å². The van der Waals surface area contributed by atoms with Gasteiger partial charge in [-0.2, -0.15) is 65.9 Å². The largest absolute Gasteiger partial charge is 2.00 e. The molecule has 0 amide bonds. The molecule has 21 nitrogen and oxygen atoms in total. The van der Waals surface area contributed by atoms with Gasteiger partial charge in [0.2, 0.25) is 0 Å². The number of aromatic nitrogens is 20. The van der Waals surface area contributed by atoms with Crippen LogP contribution in [0.2, 0.25) is 0 Å². The molecule has 0 aliphatic heterocycles. The topological polar surface area (TPSA) is 230 Å². The first kappa shape index (κ1) is 113. The molecule has 754 valence electrons. The summed E-state index contributed by atoms with van der Waals surface area (Å²) in [5.41, 5.74) is -5.75. The van der Waals surface area contributed by atoms with Gasteiger partial charge in [-0.15, -0.1) is 48.5 Å². The van der Waals surface area contributed by atoms with Gasteiger partial charge in [0, 0.05) is 67.2 Å². The number of hydrogen-bond donors (Lipinski definition) is 0. The summed E-state index contributed by atoms with van der Waals surface area (Å²) in [4.78, 5) is 51.4. The molecule has 145 heavy (non-hydrogen) atoms. The minimum Gasteiger partial charge on any atom is -0.343 e. The van der Waals surface area contributed by atoms with Crippen molar-refractivity contribution in [3.8, 4) is 79.4 Å². The van der Waals surface area contributed by atoms with E-state index in [9.17, 15) is 101 Å². The molecule has 16 heterocycles. The van der Waals surface area contributed by atoms with Crippen molar-refractivity contribution in [3.05, 3.63) is 388 Å². The molecule has 0 saturated carbocycles. The van der Waals surface area contributed by atoms with Crippen molar-refractivity contribution in [1.29, 1.82) is 0 Å². The van der Waals surface area contributed by atoms with Crippen molar-refractivity contribution in [3.63, 3.8) is 0 Å². The Kier molecular flexibility index (Phi) is 34.9. The molecule has 1 aromatic carbocycles. The number of rotatable bonds is 17. The quantitative estimate of drug-likeness (QED) is 0.0469. The molecule has 0 unspecified atom stereocenters. The molecule has 0 radical (unpaired) electrons. The minimum atomic E-state index is -4.85. The Labute approximate surface area is 865 Å². The monoisotopic (exact) mass is 2740 g/mol. The number of pyridine rings is 12. The molecule has 0 atom stereocenters. The third-order valence-corrected chi connectivity index (χ3v) is 21.2. The molecule has 0 aliphatic carbocycles. The second-order valence-corrected chi connectivity index (χ2v) is 32.6. The predicted molar refractivity (Wildman–Crippen MR) is 456 cm³/mol. The van der Waals surface area contributed by atoms with Gasteiger partial charge >= 0.3 is 115 Å². The maximum Gasteiger partial charge on any atom is 2.00 e. The summed E-state index contributed by atoms with van der Waals surface area (Å²) in [5.74, 6) is -8.59. The third-order valence-electron chi connectivity index (χ3n) is 21.2. The molecule has 0 spiro atoms. The molecule has 16 aromatic heterocycles. The summed E-state index contributed by atoms with van der Waals surface area (Å²) in [6.07, 6.45) is -13.8. The first-order chi connectivity index (χ1) is 66.1. The van der Waals surface area contributed by atoms with Crippen LogP contribution in [0.3, 0.4) is 0 Å². The van der Waals surface area contributed by atoms with Crippen LogP contribution in [0.4, 0.5) is 107 Å². The van der Waals surface area contributed by atoms with Crippen LogP contribution >= 0.6 is 0 Å². The summed E-state index contributed by atoms with van der Waals surface area (Å²) >= 11 is 0. The second kappa shape index (κ2) is 44.6. The van der Waals surface area contributed by atoms with Gasteiger partial charge in [0.15, 0.2) is 5.69 Å². The van der Waals surface area contributed by atoms with Crippen molar-refractivity contribution >= 4 is 5.69 Å². The number of benzene rings is 1. The zero-order valence-corrected chi connectivity index (χ0v) is 84.0. The van der Waals surface area contributed by atoms with Gasteiger partial charge in [0.1, 0.15) is 47.6 Å². The summed E-state index contributed by atoms with van der Waals surface area (Å²) in [7, 11) is 0. The van der Waals surface area contributed by atoms with Crippen molar-refractivity contribution in [2.24, 2.45) is 0 Å². The van der Waals surface area contributed by atoms with E-state index >= 15 is 0 Å². The maximum absolute atomic E-state index is 14.6. The maximum atomic E-state index is 14.6.